The number of nitrogens with zero attached hydrogens (tertiary/aromatic N) is 3. The molecule has 0 saturated carbocycles. The molecule has 6 aliphatic rings. The smallest absolute Gasteiger partial charge is 0.393 e. The van der Waals surface area contributed by atoms with Crippen LogP contribution in [-0.4, -0.2) is 156 Å². The molecular formula is C31H41N6O26P3. The van der Waals surface area contributed by atoms with Gasteiger partial charge in [0.25, 0.3) is 16.7 Å². The average molecular weight is 1010 g/mol. The van der Waals surface area contributed by atoms with E-state index in [2.05, 4.69) is 23.1 Å². The van der Waals surface area contributed by atoms with Gasteiger partial charge in [-0.15, -0.1) is 0 Å². The number of aromatic nitrogens is 6. The van der Waals surface area contributed by atoms with Crippen LogP contribution < -0.4 is 33.7 Å². The second-order valence-corrected chi connectivity index (χ2v) is 19.9. The van der Waals surface area contributed by atoms with Crippen LogP contribution in [0.1, 0.15) is 25.6 Å². The molecule has 9 heterocycles. The molecule has 14 atom stereocenters. The van der Waals surface area contributed by atoms with E-state index in [4.69, 9.17) is 43.1 Å². The predicted octanol–water partition coefficient (Wildman–Crippen LogP) is -5.71. The fourth-order valence-corrected chi connectivity index (χ4v) is 11.0. The largest absolute Gasteiger partial charge is 0.490 e. The number of aliphatic hydroxyl groups is 4. The lowest BCUT2D eigenvalue weighted by Crippen LogP contribution is -2.45. The molecule has 9 rings (SSSR count). The Morgan fingerprint density at radius 1 is 0.606 bits per heavy atom. The van der Waals surface area contributed by atoms with E-state index in [-0.39, 0.29) is 31.8 Å². The summed E-state index contributed by atoms with van der Waals surface area (Å²) in [6.45, 7) is 0.406. The summed E-state index contributed by atoms with van der Waals surface area (Å²) in [4.78, 5) is 110. The number of nitrogens with one attached hydrogen (secondary N) is 3. The van der Waals surface area contributed by atoms with Crippen LogP contribution in [0, 0.1) is 5.92 Å². The number of aromatic amines is 3. The van der Waals surface area contributed by atoms with E-state index >= 15 is 0 Å². The quantitative estimate of drug-likeness (QED) is 0.0753. The highest BCUT2D eigenvalue weighted by Gasteiger charge is 2.64. The highest BCUT2D eigenvalue weighted by molar-refractivity contribution is 7.66. The van der Waals surface area contributed by atoms with Crippen LogP contribution in [-0.2, 0) is 55.3 Å². The Kier molecular flexibility index (Phi) is 13.8. The molecule has 366 valence electrons. The topological polar surface area (TPSA) is 461 Å². The third-order valence-electron chi connectivity index (χ3n) is 11.3. The van der Waals surface area contributed by atoms with E-state index in [0.29, 0.717) is 6.61 Å². The maximum Gasteiger partial charge on any atom is 0.490 e. The van der Waals surface area contributed by atoms with Gasteiger partial charge in [-0.1, -0.05) is 6.92 Å². The van der Waals surface area contributed by atoms with E-state index < -0.39 is 130 Å². The third-order valence-corrected chi connectivity index (χ3v) is 15.1. The summed E-state index contributed by atoms with van der Waals surface area (Å²) in [5, 5.41) is 39.1. The van der Waals surface area contributed by atoms with Crippen molar-refractivity contribution in [3.63, 3.8) is 0 Å². The molecule has 5 unspecified atom stereocenters. The molecule has 6 bridgehead atoms. The number of H-pyrrole nitrogens is 3. The average Bonchev–Trinajstić information content (AvgIpc) is 4.03. The fraction of sp³-hybridized carbons (Fsp3) is 0.613. The first-order valence-electron chi connectivity index (χ1n) is 19.0. The molecule has 0 aromatic carbocycles. The van der Waals surface area contributed by atoms with Crippen molar-refractivity contribution >= 4 is 23.5 Å². The van der Waals surface area contributed by atoms with Crippen LogP contribution in [0.15, 0.2) is 65.6 Å². The van der Waals surface area contributed by atoms with E-state index in [1.165, 1.54) is 29.1 Å². The predicted molar refractivity (Wildman–Crippen MR) is 207 cm³/mol. The van der Waals surface area contributed by atoms with E-state index in [1.807, 2.05) is 11.9 Å². The van der Waals surface area contributed by atoms with Crippen molar-refractivity contribution in [2.45, 2.75) is 72.9 Å². The Morgan fingerprint density at radius 2 is 0.985 bits per heavy atom. The zero-order chi connectivity index (χ0) is 48.4. The zero-order valence-corrected chi connectivity index (χ0v) is 36.2. The van der Waals surface area contributed by atoms with Crippen LogP contribution in [0.4, 0.5) is 0 Å². The minimum atomic E-state index is -5.72. The van der Waals surface area contributed by atoms with Crippen molar-refractivity contribution in [3.8, 4) is 0 Å². The summed E-state index contributed by atoms with van der Waals surface area (Å²) in [6, 6.07) is 3.43. The van der Waals surface area contributed by atoms with Crippen molar-refractivity contribution in [1.29, 1.82) is 0 Å². The molecule has 6 saturated heterocycles. The fourth-order valence-electron chi connectivity index (χ4n) is 7.90. The summed E-state index contributed by atoms with van der Waals surface area (Å²) in [5.41, 5.74) is -7.50. The summed E-state index contributed by atoms with van der Waals surface area (Å²) >= 11 is 0. The van der Waals surface area contributed by atoms with Gasteiger partial charge in [0.05, 0.1) is 39.6 Å². The Bertz CT molecular complexity index is 2720. The second-order valence-electron chi connectivity index (χ2n) is 15.5. The Hall–Kier alpha value is -3.95. The van der Waals surface area contributed by atoms with Crippen LogP contribution in [0.5, 0.6) is 0 Å². The first-order chi connectivity index (χ1) is 30.8. The SMILES string of the molecule is CC1[C@@H]2OC[C@]1(CO)O[C@H]2n1ccc(=O)[nH]c1=O.O=c1ccn([C@@H]2O[C@@]3(CO)CO[C@H]2C3O)c(=O)[nH]1.O=c1ccn([C@@H]2O[C@@]3(COP(=O)(O)OP(=O)(O)OP(=O)(O)O)CO[C@H]2C3O)c(=O)[nH]1. The maximum atomic E-state index is 11.9. The van der Waals surface area contributed by atoms with Gasteiger partial charge < -0.3 is 68.4 Å². The van der Waals surface area contributed by atoms with Gasteiger partial charge >= 0.3 is 40.5 Å². The molecule has 32 nitrogen and oxygen atoms in total. The summed E-state index contributed by atoms with van der Waals surface area (Å²) < 4.78 is 81.9. The summed E-state index contributed by atoms with van der Waals surface area (Å²) in [7, 11) is -16.7. The zero-order valence-electron chi connectivity index (χ0n) is 33.5. The first-order valence-corrected chi connectivity index (χ1v) is 23.5. The number of phosphoric acid groups is 3. The van der Waals surface area contributed by atoms with Crippen molar-refractivity contribution in [1.82, 2.24) is 28.7 Å². The van der Waals surface area contributed by atoms with Gasteiger partial charge in [-0.25, -0.2) is 28.1 Å². The molecule has 11 N–H and O–H groups in total. The van der Waals surface area contributed by atoms with Crippen molar-refractivity contribution in [2.24, 2.45) is 5.92 Å². The normalized spacial score (nSPS) is 35.7. The van der Waals surface area contributed by atoms with Crippen molar-refractivity contribution in [2.75, 3.05) is 39.6 Å². The number of hydrogen-bond donors (Lipinski definition) is 11. The molecule has 3 aromatic rings. The lowest BCUT2D eigenvalue weighted by molar-refractivity contribution is -0.187. The van der Waals surface area contributed by atoms with Gasteiger partial charge in [-0.05, 0) is 0 Å². The van der Waals surface area contributed by atoms with Gasteiger partial charge in [0.2, 0.25) is 0 Å². The van der Waals surface area contributed by atoms with E-state index in [0.717, 1.165) is 21.4 Å². The number of phosphoric ester groups is 1. The highest BCUT2D eigenvalue weighted by Crippen LogP contribution is 2.66. The Labute approximate surface area is 364 Å². The molecular weight excluding hydrogens is 965 g/mol. The summed E-state index contributed by atoms with van der Waals surface area (Å²) in [6.07, 6.45) is -3.68. The molecule has 3 aromatic heterocycles. The van der Waals surface area contributed by atoms with Crippen molar-refractivity contribution in [3.05, 3.63) is 99.3 Å². The molecule has 0 aliphatic carbocycles. The number of ether oxygens (including phenoxy) is 6. The number of rotatable bonds is 12. The number of hydrogen-bond acceptors (Lipinski definition) is 22. The standard InChI is InChI=1S/C11H14N2O5.C10H15N2O15P3.C10H12N2O6/c1-6-8-9(18-11(6,4-14)5-17-8)13-3-2-7(15)12-10(13)16;13-5-1-2-12(9(15)11-5)8-6-7(14)10(25-8,3-23-6)4-24-29(19,20)27-30(21,22)26-28(16,17)18;13-3-10-4-17-6(7(10)15)8(18-10)12-2-1-5(14)11-9(12)16/h2-3,6,8-9,14H,4-5H2,1H3,(H,12,15,16);1-2,6-8,14H,3-4H2,(H,19,20)(H,21,22)(H,11,13,15)(H2,16,17,18);1-2,6-8,13,15H,3-4H2,(H,11,14,16)/t6?,8-,9+,11-;6-,7?,8+,10+;6-,7?,8+,10-/m000/s1. The molecule has 0 spiro atoms. The van der Waals surface area contributed by atoms with Crippen LogP contribution in [0.2, 0.25) is 0 Å². The van der Waals surface area contributed by atoms with Gasteiger partial charge in [0.15, 0.2) is 18.7 Å². The molecule has 66 heavy (non-hydrogen) atoms. The minimum absolute atomic E-state index is 0.00803. The monoisotopic (exact) mass is 1010 g/mol. The van der Waals surface area contributed by atoms with Crippen LogP contribution in [0.25, 0.3) is 0 Å². The minimum Gasteiger partial charge on any atom is -0.393 e. The van der Waals surface area contributed by atoms with Crippen LogP contribution >= 0.6 is 23.5 Å². The van der Waals surface area contributed by atoms with Gasteiger partial charge in [0.1, 0.15) is 47.3 Å². The van der Waals surface area contributed by atoms with Crippen LogP contribution in [0.3, 0.4) is 0 Å². The van der Waals surface area contributed by atoms with Gasteiger partial charge in [-0.2, -0.15) is 8.62 Å². The highest BCUT2D eigenvalue weighted by atomic mass is 31.3. The molecule has 0 amide bonds. The molecule has 35 heteroatoms. The van der Waals surface area contributed by atoms with E-state index in [9.17, 15) is 67.8 Å². The van der Waals surface area contributed by atoms with Crippen molar-refractivity contribution < 1.29 is 95.3 Å². The number of aliphatic hydroxyl groups excluding tert-OH is 4. The van der Waals surface area contributed by atoms with E-state index in [1.54, 1.807) is 0 Å². The molecule has 6 fully saturated rings. The Morgan fingerprint density at radius 3 is 1.39 bits per heavy atom. The number of fused-ring (bicyclic) bond motifs is 6. The summed E-state index contributed by atoms with van der Waals surface area (Å²) in [5.74, 6) is -0.00803. The second kappa shape index (κ2) is 18.2. The lowest BCUT2D eigenvalue weighted by atomic mass is 9.91. The first kappa shape index (κ1) is 49.9. The third kappa shape index (κ3) is 9.68. The van der Waals surface area contributed by atoms with Gasteiger partial charge in [0, 0.05) is 42.7 Å². The molecule has 6 aliphatic heterocycles. The maximum absolute atomic E-state index is 11.9. The van der Waals surface area contributed by atoms with Gasteiger partial charge in [-0.3, -0.25) is 47.6 Å². The molecule has 0 radical (unpaired) electrons. The Balaban J connectivity index is 0.000000155. The lowest BCUT2D eigenvalue weighted by Gasteiger charge is -2.31.